The highest BCUT2D eigenvalue weighted by molar-refractivity contribution is 5.80. The number of piperidine rings is 1. The van der Waals surface area contributed by atoms with Crippen molar-refractivity contribution in [2.75, 3.05) is 0 Å². The average Bonchev–Trinajstić information content (AvgIpc) is 2.17. The van der Waals surface area contributed by atoms with Crippen LogP contribution in [0, 0.1) is 23.7 Å². The van der Waals surface area contributed by atoms with Gasteiger partial charge in [0.1, 0.15) is 0 Å². The summed E-state index contributed by atoms with van der Waals surface area (Å²) in [5.41, 5.74) is 0. The minimum atomic E-state index is 0.270. The molecule has 86 valence electrons. The van der Waals surface area contributed by atoms with Gasteiger partial charge < -0.3 is 5.32 Å². The summed E-state index contributed by atoms with van der Waals surface area (Å²) in [6.45, 7) is 6.55. The van der Waals surface area contributed by atoms with Crippen LogP contribution in [-0.2, 0) is 4.79 Å². The molecule has 0 radical (unpaired) electrons. The number of hydrogen-bond acceptors (Lipinski definition) is 1. The average molecular weight is 209 g/mol. The first-order valence-electron chi connectivity index (χ1n) is 6.41. The monoisotopic (exact) mass is 209 g/mol. The quantitative estimate of drug-likeness (QED) is 0.706. The molecule has 0 aromatic rings. The number of carbonyl (C=O) groups is 1. The molecule has 1 amide bonds. The molecule has 0 spiro atoms. The highest BCUT2D eigenvalue weighted by Gasteiger charge is 2.44. The van der Waals surface area contributed by atoms with Gasteiger partial charge in [0.2, 0.25) is 5.91 Å². The summed E-state index contributed by atoms with van der Waals surface area (Å²) >= 11 is 0. The van der Waals surface area contributed by atoms with Gasteiger partial charge in [0.25, 0.3) is 0 Å². The molecule has 0 aromatic carbocycles. The minimum absolute atomic E-state index is 0.270. The van der Waals surface area contributed by atoms with Crippen molar-refractivity contribution in [3.8, 4) is 0 Å². The van der Waals surface area contributed by atoms with Crippen LogP contribution in [0.5, 0.6) is 0 Å². The van der Waals surface area contributed by atoms with Gasteiger partial charge in [0, 0.05) is 12.0 Å². The first kappa shape index (κ1) is 11.0. The normalized spacial score (nSPS) is 41.2. The second kappa shape index (κ2) is 4.15. The maximum absolute atomic E-state index is 12.0. The fourth-order valence-corrected chi connectivity index (χ4v) is 3.67. The molecule has 4 atom stereocenters. The van der Waals surface area contributed by atoms with Gasteiger partial charge in [0.15, 0.2) is 0 Å². The number of hydrogen-bond donors (Lipinski definition) is 1. The van der Waals surface area contributed by atoms with Crippen LogP contribution in [0.15, 0.2) is 0 Å². The van der Waals surface area contributed by atoms with E-state index in [0.717, 1.165) is 5.92 Å². The van der Waals surface area contributed by atoms with Crippen molar-refractivity contribution in [3.05, 3.63) is 0 Å². The Morgan fingerprint density at radius 1 is 1.20 bits per heavy atom. The van der Waals surface area contributed by atoms with Gasteiger partial charge in [-0.2, -0.15) is 0 Å². The van der Waals surface area contributed by atoms with Crippen LogP contribution in [0.25, 0.3) is 0 Å². The molecule has 1 aliphatic carbocycles. The number of amides is 1. The zero-order valence-electron chi connectivity index (χ0n) is 10.1. The highest BCUT2D eigenvalue weighted by atomic mass is 16.2. The van der Waals surface area contributed by atoms with Crippen molar-refractivity contribution < 1.29 is 4.79 Å². The van der Waals surface area contributed by atoms with Gasteiger partial charge in [-0.1, -0.05) is 26.7 Å². The van der Waals surface area contributed by atoms with Gasteiger partial charge in [-0.3, -0.25) is 4.79 Å². The molecule has 1 saturated carbocycles. The van der Waals surface area contributed by atoms with Crippen LogP contribution in [0.3, 0.4) is 0 Å². The van der Waals surface area contributed by atoms with Crippen LogP contribution in [0.1, 0.15) is 46.5 Å². The van der Waals surface area contributed by atoms with Crippen molar-refractivity contribution in [1.82, 2.24) is 5.32 Å². The SMILES string of the molecule is CC(C)C1C(=O)NC(C)C2CCCCC21. The minimum Gasteiger partial charge on any atom is -0.353 e. The van der Waals surface area contributed by atoms with E-state index in [4.69, 9.17) is 0 Å². The second-order valence-corrected chi connectivity index (χ2v) is 5.68. The molecule has 1 heterocycles. The predicted molar refractivity (Wildman–Crippen MR) is 61.4 cm³/mol. The third-order valence-electron chi connectivity index (χ3n) is 4.37. The second-order valence-electron chi connectivity index (χ2n) is 5.68. The molecular weight excluding hydrogens is 186 g/mol. The predicted octanol–water partition coefficient (Wildman–Crippen LogP) is 2.58. The summed E-state index contributed by atoms with van der Waals surface area (Å²) < 4.78 is 0. The Hall–Kier alpha value is -0.530. The Labute approximate surface area is 92.8 Å². The van der Waals surface area contributed by atoms with Gasteiger partial charge >= 0.3 is 0 Å². The third-order valence-corrected chi connectivity index (χ3v) is 4.37. The number of carbonyl (C=O) groups excluding carboxylic acids is 1. The zero-order valence-corrected chi connectivity index (χ0v) is 10.1. The summed E-state index contributed by atoms with van der Waals surface area (Å²) in [7, 11) is 0. The summed E-state index contributed by atoms with van der Waals surface area (Å²) in [6.07, 6.45) is 5.26. The molecule has 2 rings (SSSR count). The Bertz CT molecular complexity index is 249. The topological polar surface area (TPSA) is 29.1 Å². The molecule has 2 fully saturated rings. The fraction of sp³-hybridized carbons (Fsp3) is 0.923. The van der Waals surface area contributed by atoms with E-state index in [1.54, 1.807) is 0 Å². The number of rotatable bonds is 1. The van der Waals surface area contributed by atoms with E-state index in [1.807, 2.05) is 0 Å². The number of fused-ring (bicyclic) bond motifs is 1. The lowest BCUT2D eigenvalue weighted by molar-refractivity contribution is -0.135. The maximum atomic E-state index is 12.0. The van der Waals surface area contributed by atoms with Crippen LogP contribution in [0.4, 0.5) is 0 Å². The first-order valence-corrected chi connectivity index (χ1v) is 6.41. The summed E-state index contributed by atoms with van der Waals surface area (Å²) in [5.74, 6) is 2.46. The van der Waals surface area contributed by atoms with Crippen molar-refractivity contribution in [3.63, 3.8) is 0 Å². The van der Waals surface area contributed by atoms with E-state index in [-0.39, 0.29) is 5.92 Å². The number of nitrogens with one attached hydrogen (secondary N) is 1. The Morgan fingerprint density at radius 2 is 1.80 bits per heavy atom. The van der Waals surface area contributed by atoms with Gasteiger partial charge in [0.05, 0.1) is 0 Å². The molecule has 0 bridgehead atoms. The zero-order chi connectivity index (χ0) is 11.0. The van der Waals surface area contributed by atoms with E-state index in [9.17, 15) is 4.79 Å². The van der Waals surface area contributed by atoms with E-state index in [1.165, 1.54) is 25.7 Å². The lowest BCUT2D eigenvalue weighted by Crippen LogP contribution is -2.55. The van der Waals surface area contributed by atoms with Crippen molar-refractivity contribution in [1.29, 1.82) is 0 Å². The molecule has 2 aliphatic rings. The molecule has 4 unspecified atom stereocenters. The van der Waals surface area contributed by atoms with Crippen molar-refractivity contribution in [2.45, 2.75) is 52.5 Å². The van der Waals surface area contributed by atoms with Gasteiger partial charge in [-0.05, 0) is 37.5 Å². The molecule has 1 aliphatic heterocycles. The third kappa shape index (κ3) is 1.91. The standard InChI is InChI=1S/C13H23NO/c1-8(2)12-11-7-5-4-6-10(11)9(3)14-13(12)15/h8-12H,4-7H2,1-3H3,(H,14,15). The lowest BCUT2D eigenvalue weighted by atomic mass is 9.64. The smallest absolute Gasteiger partial charge is 0.223 e. The Morgan fingerprint density at radius 3 is 2.40 bits per heavy atom. The molecule has 1 N–H and O–H groups in total. The van der Waals surface area contributed by atoms with Crippen LogP contribution in [0.2, 0.25) is 0 Å². The van der Waals surface area contributed by atoms with Crippen molar-refractivity contribution in [2.24, 2.45) is 23.7 Å². The first-order chi connectivity index (χ1) is 7.11. The molecule has 1 saturated heterocycles. The lowest BCUT2D eigenvalue weighted by Gasteiger charge is -2.46. The highest BCUT2D eigenvalue weighted by Crippen LogP contribution is 2.42. The van der Waals surface area contributed by atoms with E-state index in [0.29, 0.717) is 23.8 Å². The molecule has 2 nitrogen and oxygen atoms in total. The van der Waals surface area contributed by atoms with Crippen LogP contribution < -0.4 is 5.32 Å². The largest absolute Gasteiger partial charge is 0.353 e. The van der Waals surface area contributed by atoms with Gasteiger partial charge in [-0.15, -0.1) is 0 Å². The van der Waals surface area contributed by atoms with Crippen LogP contribution >= 0.6 is 0 Å². The van der Waals surface area contributed by atoms with Crippen LogP contribution in [-0.4, -0.2) is 11.9 Å². The molecule has 2 heteroatoms. The fourth-order valence-electron chi connectivity index (χ4n) is 3.67. The van der Waals surface area contributed by atoms with E-state index < -0.39 is 0 Å². The summed E-state index contributed by atoms with van der Waals surface area (Å²) in [4.78, 5) is 12.0. The maximum Gasteiger partial charge on any atom is 0.223 e. The Balaban J connectivity index is 2.19. The van der Waals surface area contributed by atoms with Gasteiger partial charge in [-0.25, -0.2) is 0 Å². The molecule has 0 aromatic heterocycles. The molecule has 15 heavy (non-hydrogen) atoms. The van der Waals surface area contributed by atoms with Crippen molar-refractivity contribution >= 4 is 5.91 Å². The summed E-state index contributed by atoms with van der Waals surface area (Å²) in [6, 6.07) is 0.401. The Kier molecular flexibility index (Phi) is 3.03. The van der Waals surface area contributed by atoms with E-state index in [2.05, 4.69) is 26.1 Å². The summed E-state index contributed by atoms with van der Waals surface area (Å²) in [5, 5.41) is 3.17. The van der Waals surface area contributed by atoms with E-state index >= 15 is 0 Å². The molecular formula is C13H23NO.